The first kappa shape index (κ1) is 8.34. The summed E-state index contributed by atoms with van der Waals surface area (Å²) in [5.74, 6) is 6.82. The van der Waals surface area contributed by atoms with E-state index in [1.165, 1.54) is 0 Å². The van der Waals surface area contributed by atoms with Gasteiger partial charge in [-0.15, -0.1) is 0 Å². The third-order valence-corrected chi connectivity index (χ3v) is 2.12. The molecule has 0 spiro atoms. The molecule has 0 saturated carbocycles. The van der Waals surface area contributed by atoms with Crippen LogP contribution in [-0.4, -0.2) is 13.2 Å². The first-order chi connectivity index (χ1) is 6.45. The molecule has 1 nitrogen and oxygen atoms in total. The Morgan fingerprint density at radius 1 is 1.23 bits per heavy atom. The molecule has 66 valence electrons. The Kier molecular flexibility index (Phi) is 2.64. The molecule has 1 aliphatic rings. The lowest BCUT2D eigenvalue weighted by molar-refractivity contribution is 0.192. The summed E-state index contributed by atoms with van der Waals surface area (Å²) in [6.45, 7) is 1.67. The van der Waals surface area contributed by atoms with Crippen molar-refractivity contribution in [2.24, 2.45) is 5.92 Å². The lowest BCUT2D eigenvalue weighted by Gasteiger charge is -1.93. The van der Waals surface area contributed by atoms with Crippen molar-refractivity contribution in [1.29, 1.82) is 0 Å². The minimum Gasteiger partial charge on any atom is -0.380 e. The molecule has 0 radical (unpaired) electrons. The molecule has 13 heavy (non-hydrogen) atoms. The third-order valence-electron chi connectivity index (χ3n) is 2.12. The summed E-state index contributed by atoms with van der Waals surface area (Å²) in [5, 5.41) is 0. The van der Waals surface area contributed by atoms with E-state index >= 15 is 0 Å². The summed E-state index contributed by atoms with van der Waals surface area (Å²) in [4.78, 5) is 0. The van der Waals surface area contributed by atoms with Gasteiger partial charge in [0.2, 0.25) is 0 Å². The fourth-order valence-corrected chi connectivity index (χ4v) is 1.36. The zero-order chi connectivity index (χ0) is 8.93. The zero-order valence-corrected chi connectivity index (χ0v) is 7.49. The van der Waals surface area contributed by atoms with Gasteiger partial charge in [-0.25, -0.2) is 0 Å². The van der Waals surface area contributed by atoms with Crippen molar-refractivity contribution in [2.75, 3.05) is 13.2 Å². The average molecular weight is 172 g/mol. The van der Waals surface area contributed by atoms with E-state index in [4.69, 9.17) is 4.74 Å². The molecular formula is C12H12O. The van der Waals surface area contributed by atoms with Crippen LogP contribution in [0.2, 0.25) is 0 Å². The first-order valence-corrected chi connectivity index (χ1v) is 4.59. The highest BCUT2D eigenvalue weighted by molar-refractivity contribution is 5.34. The van der Waals surface area contributed by atoms with Crippen molar-refractivity contribution in [2.45, 2.75) is 6.42 Å². The number of rotatable bonds is 0. The number of hydrogen-bond donors (Lipinski definition) is 0. The lowest BCUT2D eigenvalue weighted by Crippen LogP contribution is -1.93. The second-order valence-corrected chi connectivity index (χ2v) is 3.20. The van der Waals surface area contributed by atoms with Crippen LogP contribution in [0.4, 0.5) is 0 Å². The van der Waals surface area contributed by atoms with Crippen LogP contribution in [0, 0.1) is 17.8 Å². The normalized spacial score (nSPS) is 20.8. The summed E-state index contributed by atoms with van der Waals surface area (Å²) in [6.07, 6.45) is 1.08. The Balaban J connectivity index is 2.03. The topological polar surface area (TPSA) is 9.23 Å². The molecule has 1 aliphatic heterocycles. The Bertz CT molecular complexity index is 312. The largest absolute Gasteiger partial charge is 0.380 e. The highest BCUT2D eigenvalue weighted by Crippen LogP contribution is 2.10. The van der Waals surface area contributed by atoms with Crippen LogP contribution in [0.3, 0.4) is 0 Å². The van der Waals surface area contributed by atoms with Crippen LogP contribution >= 0.6 is 0 Å². The molecule has 1 heteroatoms. The summed E-state index contributed by atoms with van der Waals surface area (Å²) < 4.78 is 5.24. The fourth-order valence-electron chi connectivity index (χ4n) is 1.36. The SMILES string of the molecule is C(#CC1CCOC1)c1ccccc1. The summed E-state index contributed by atoms with van der Waals surface area (Å²) in [6, 6.07) is 10.1. The molecule has 0 aromatic heterocycles. The minimum atomic E-state index is 0.445. The van der Waals surface area contributed by atoms with Crippen LogP contribution in [0.15, 0.2) is 30.3 Å². The third kappa shape index (κ3) is 2.34. The Labute approximate surface area is 78.7 Å². The van der Waals surface area contributed by atoms with Crippen LogP contribution in [0.5, 0.6) is 0 Å². The molecule has 0 bridgehead atoms. The van der Waals surface area contributed by atoms with Crippen molar-refractivity contribution < 1.29 is 4.74 Å². The fraction of sp³-hybridized carbons (Fsp3) is 0.333. The first-order valence-electron chi connectivity index (χ1n) is 4.59. The lowest BCUT2D eigenvalue weighted by atomic mass is 10.1. The van der Waals surface area contributed by atoms with E-state index in [2.05, 4.69) is 11.8 Å². The smallest absolute Gasteiger partial charge is 0.0604 e. The Morgan fingerprint density at radius 2 is 2.08 bits per heavy atom. The predicted molar refractivity (Wildman–Crippen MR) is 52.2 cm³/mol. The molecule has 2 rings (SSSR count). The molecule has 0 N–H and O–H groups in total. The summed E-state index contributed by atoms with van der Waals surface area (Å²) >= 11 is 0. The van der Waals surface area contributed by atoms with Crippen molar-refractivity contribution in [3.63, 3.8) is 0 Å². The molecule has 1 fully saturated rings. The Hall–Kier alpha value is -1.26. The standard InChI is InChI=1S/C12H12O/c1-2-4-11(5-3-1)6-7-12-8-9-13-10-12/h1-5,12H,8-10H2. The summed E-state index contributed by atoms with van der Waals surface area (Å²) in [7, 11) is 0. The van der Waals surface area contributed by atoms with Crippen molar-refractivity contribution in [3.8, 4) is 11.8 Å². The van der Waals surface area contributed by atoms with E-state index in [-0.39, 0.29) is 0 Å². The van der Waals surface area contributed by atoms with E-state index < -0.39 is 0 Å². The zero-order valence-electron chi connectivity index (χ0n) is 7.49. The maximum absolute atomic E-state index is 5.24. The van der Waals surface area contributed by atoms with E-state index in [0.717, 1.165) is 25.2 Å². The molecule has 1 atom stereocenters. The highest BCUT2D eigenvalue weighted by Gasteiger charge is 2.11. The van der Waals surface area contributed by atoms with Gasteiger partial charge in [0.1, 0.15) is 0 Å². The van der Waals surface area contributed by atoms with Crippen LogP contribution < -0.4 is 0 Å². The van der Waals surface area contributed by atoms with Gasteiger partial charge in [-0.05, 0) is 18.6 Å². The monoisotopic (exact) mass is 172 g/mol. The van der Waals surface area contributed by atoms with Crippen molar-refractivity contribution >= 4 is 0 Å². The van der Waals surface area contributed by atoms with Crippen molar-refractivity contribution in [1.82, 2.24) is 0 Å². The van der Waals surface area contributed by atoms with Gasteiger partial charge in [-0.1, -0.05) is 30.0 Å². The minimum absolute atomic E-state index is 0.445. The van der Waals surface area contributed by atoms with E-state index in [1.54, 1.807) is 0 Å². The van der Waals surface area contributed by atoms with Gasteiger partial charge in [0.15, 0.2) is 0 Å². The number of hydrogen-bond acceptors (Lipinski definition) is 1. The predicted octanol–water partition coefficient (Wildman–Crippen LogP) is 2.07. The van der Waals surface area contributed by atoms with Crippen molar-refractivity contribution in [3.05, 3.63) is 35.9 Å². The van der Waals surface area contributed by atoms with Gasteiger partial charge in [-0.3, -0.25) is 0 Å². The number of benzene rings is 1. The second-order valence-electron chi connectivity index (χ2n) is 3.20. The van der Waals surface area contributed by atoms with E-state index in [1.807, 2.05) is 30.3 Å². The van der Waals surface area contributed by atoms with Gasteiger partial charge in [0.25, 0.3) is 0 Å². The molecular weight excluding hydrogens is 160 g/mol. The van der Waals surface area contributed by atoms with E-state index in [9.17, 15) is 0 Å². The van der Waals surface area contributed by atoms with Crippen LogP contribution in [0.1, 0.15) is 12.0 Å². The number of ether oxygens (including phenoxy) is 1. The molecule has 1 aromatic carbocycles. The van der Waals surface area contributed by atoms with Gasteiger partial charge in [-0.2, -0.15) is 0 Å². The molecule has 0 amide bonds. The van der Waals surface area contributed by atoms with Crippen LogP contribution in [-0.2, 0) is 4.74 Å². The molecule has 1 unspecified atom stereocenters. The van der Waals surface area contributed by atoms with E-state index in [0.29, 0.717) is 5.92 Å². The quantitative estimate of drug-likeness (QED) is 0.544. The molecule has 0 aliphatic carbocycles. The van der Waals surface area contributed by atoms with Gasteiger partial charge in [0.05, 0.1) is 6.61 Å². The molecule has 1 heterocycles. The highest BCUT2D eigenvalue weighted by atomic mass is 16.5. The Morgan fingerprint density at radius 3 is 2.77 bits per heavy atom. The maximum atomic E-state index is 5.24. The van der Waals surface area contributed by atoms with Gasteiger partial charge in [0, 0.05) is 18.1 Å². The molecule has 1 saturated heterocycles. The van der Waals surface area contributed by atoms with Crippen LogP contribution in [0.25, 0.3) is 0 Å². The summed E-state index contributed by atoms with van der Waals surface area (Å²) in [5.41, 5.74) is 1.09. The maximum Gasteiger partial charge on any atom is 0.0604 e. The van der Waals surface area contributed by atoms with Gasteiger partial charge < -0.3 is 4.74 Å². The molecule has 1 aromatic rings. The van der Waals surface area contributed by atoms with Gasteiger partial charge >= 0.3 is 0 Å². The second kappa shape index (κ2) is 4.11. The average Bonchev–Trinajstić information content (AvgIpc) is 2.69.